The van der Waals surface area contributed by atoms with Crippen molar-refractivity contribution < 1.29 is 9.53 Å². The van der Waals surface area contributed by atoms with E-state index in [2.05, 4.69) is 37.7 Å². The standard InChI is InChI=1S/C22H21N5O2/c1-29-17-6-4-5-16(11-17)27-22(28)20-12-21(26-14-25-20)23-10-9-15-13-24-19-8-3-2-7-18(15)19/h2-8,11-14,24H,9-10H2,1H3,(H,27,28)(H,23,25,26). The van der Waals surface area contributed by atoms with Crippen LogP contribution in [-0.4, -0.2) is 34.5 Å². The molecule has 2 aromatic heterocycles. The Kier molecular flexibility index (Phi) is 5.38. The molecule has 0 fully saturated rings. The molecule has 7 heteroatoms. The second kappa shape index (κ2) is 8.43. The second-order valence-electron chi connectivity index (χ2n) is 6.51. The third kappa shape index (κ3) is 4.35. The summed E-state index contributed by atoms with van der Waals surface area (Å²) in [4.78, 5) is 24.1. The number of fused-ring (bicyclic) bond motifs is 1. The first-order chi connectivity index (χ1) is 14.2. The number of rotatable bonds is 7. The van der Waals surface area contributed by atoms with Gasteiger partial charge in [-0.25, -0.2) is 9.97 Å². The Balaban J connectivity index is 1.38. The first kappa shape index (κ1) is 18.5. The fourth-order valence-corrected chi connectivity index (χ4v) is 3.14. The van der Waals surface area contributed by atoms with Crippen LogP contribution >= 0.6 is 0 Å². The first-order valence-electron chi connectivity index (χ1n) is 9.29. The van der Waals surface area contributed by atoms with Crippen molar-refractivity contribution in [2.75, 3.05) is 24.3 Å². The molecule has 0 spiro atoms. The molecule has 4 aromatic rings. The summed E-state index contributed by atoms with van der Waals surface area (Å²) in [5, 5.41) is 7.30. The number of benzene rings is 2. The van der Waals surface area contributed by atoms with Crippen molar-refractivity contribution in [3.05, 3.63) is 78.4 Å². The van der Waals surface area contributed by atoms with Crippen LogP contribution in [0.15, 0.2) is 67.1 Å². The Hall–Kier alpha value is -3.87. The zero-order valence-electron chi connectivity index (χ0n) is 16.0. The van der Waals surface area contributed by atoms with E-state index in [1.165, 1.54) is 17.3 Å². The van der Waals surface area contributed by atoms with E-state index in [0.717, 1.165) is 11.9 Å². The van der Waals surface area contributed by atoms with E-state index in [9.17, 15) is 4.79 Å². The molecule has 0 saturated heterocycles. The number of methoxy groups -OCH3 is 1. The summed E-state index contributed by atoms with van der Waals surface area (Å²) in [6, 6.07) is 17.0. The lowest BCUT2D eigenvalue weighted by atomic mass is 10.1. The molecular formula is C22H21N5O2. The number of hydrogen-bond acceptors (Lipinski definition) is 5. The van der Waals surface area contributed by atoms with Gasteiger partial charge < -0.3 is 20.4 Å². The molecule has 0 radical (unpaired) electrons. The maximum Gasteiger partial charge on any atom is 0.274 e. The molecule has 0 aliphatic carbocycles. The Bertz CT molecular complexity index is 1140. The second-order valence-corrected chi connectivity index (χ2v) is 6.51. The van der Waals surface area contributed by atoms with Crippen LogP contribution in [0.25, 0.3) is 10.9 Å². The Labute approximate surface area is 168 Å². The quantitative estimate of drug-likeness (QED) is 0.448. The van der Waals surface area contributed by atoms with E-state index in [4.69, 9.17) is 4.74 Å². The van der Waals surface area contributed by atoms with Crippen molar-refractivity contribution in [3.63, 3.8) is 0 Å². The molecule has 7 nitrogen and oxygen atoms in total. The van der Waals surface area contributed by atoms with Crippen molar-refractivity contribution >= 4 is 28.3 Å². The van der Waals surface area contributed by atoms with E-state index < -0.39 is 0 Å². The van der Waals surface area contributed by atoms with Crippen LogP contribution < -0.4 is 15.4 Å². The number of hydrogen-bond donors (Lipinski definition) is 3. The molecule has 0 bridgehead atoms. The minimum atomic E-state index is -0.305. The van der Waals surface area contributed by atoms with E-state index >= 15 is 0 Å². The molecule has 0 atom stereocenters. The summed E-state index contributed by atoms with van der Waals surface area (Å²) >= 11 is 0. The molecule has 146 valence electrons. The smallest absolute Gasteiger partial charge is 0.274 e. The lowest BCUT2D eigenvalue weighted by Crippen LogP contribution is -2.15. The highest BCUT2D eigenvalue weighted by molar-refractivity contribution is 6.03. The summed E-state index contributed by atoms with van der Waals surface area (Å²) in [5.74, 6) is 0.973. The highest BCUT2D eigenvalue weighted by Gasteiger charge is 2.10. The van der Waals surface area contributed by atoms with E-state index in [-0.39, 0.29) is 11.6 Å². The highest BCUT2D eigenvalue weighted by atomic mass is 16.5. The number of carbonyl (C=O) groups is 1. The average molecular weight is 387 g/mol. The number of aromatic nitrogens is 3. The molecule has 29 heavy (non-hydrogen) atoms. The number of carbonyl (C=O) groups excluding carboxylic acids is 1. The Morgan fingerprint density at radius 2 is 2.00 bits per heavy atom. The molecule has 2 heterocycles. The van der Waals surface area contributed by atoms with Gasteiger partial charge in [-0.1, -0.05) is 24.3 Å². The van der Waals surface area contributed by atoms with Crippen LogP contribution in [0.2, 0.25) is 0 Å². The predicted octanol–water partition coefficient (Wildman–Crippen LogP) is 3.87. The maximum atomic E-state index is 12.5. The van der Waals surface area contributed by atoms with Crippen molar-refractivity contribution in [2.45, 2.75) is 6.42 Å². The SMILES string of the molecule is COc1cccc(NC(=O)c2cc(NCCc3c[nH]c4ccccc34)ncn2)c1. The summed E-state index contributed by atoms with van der Waals surface area (Å²) in [5.41, 5.74) is 3.29. The molecule has 0 saturated carbocycles. The van der Waals surface area contributed by atoms with Crippen LogP contribution in [-0.2, 0) is 6.42 Å². The highest BCUT2D eigenvalue weighted by Crippen LogP contribution is 2.19. The van der Waals surface area contributed by atoms with Crippen LogP contribution in [0.5, 0.6) is 5.75 Å². The number of amides is 1. The molecule has 3 N–H and O–H groups in total. The number of nitrogens with zero attached hydrogens (tertiary/aromatic N) is 2. The number of ether oxygens (including phenoxy) is 1. The average Bonchev–Trinajstić information content (AvgIpc) is 3.17. The Morgan fingerprint density at radius 1 is 1.10 bits per heavy atom. The van der Waals surface area contributed by atoms with Crippen molar-refractivity contribution in [3.8, 4) is 5.75 Å². The molecule has 1 amide bonds. The van der Waals surface area contributed by atoms with Gasteiger partial charge in [0, 0.05) is 41.5 Å². The van der Waals surface area contributed by atoms with Gasteiger partial charge >= 0.3 is 0 Å². The van der Waals surface area contributed by atoms with E-state index in [1.54, 1.807) is 25.3 Å². The van der Waals surface area contributed by atoms with E-state index in [1.807, 2.05) is 30.5 Å². The van der Waals surface area contributed by atoms with Gasteiger partial charge in [0.25, 0.3) is 5.91 Å². The van der Waals surface area contributed by atoms with E-state index in [0.29, 0.717) is 23.8 Å². The zero-order chi connectivity index (χ0) is 20.1. The monoisotopic (exact) mass is 387 g/mol. The molecule has 0 aliphatic rings. The van der Waals surface area contributed by atoms with Gasteiger partial charge in [0.05, 0.1) is 7.11 Å². The van der Waals surface area contributed by atoms with Crippen LogP contribution in [0, 0.1) is 0 Å². The van der Waals surface area contributed by atoms with Gasteiger partial charge in [-0.05, 0) is 30.2 Å². The number of para-hydroxylation sites is 1. The minimum Gasteiger partial charge on any atom is -0.497 e. The van der Waals surface area contributed by atoms with Crippen molar-refractivity contribution in [2.24, 2.45) is 0 Å². The van der Waals surface area contributed by atoms with Crippen molar-refractivity contribution in [1.29, 1.82) is 0 Å². The van der Waals surface area contributed by atoms with Gasteiger partial charge in [-0.2, -0.15) is 0 Å². The molecule has 0 aliphatic heterocycles. The molecule has 2 aromatic carbocycles. The maximum absolute atomic E-state index is 12.5. The molecular weight excluding hydrogens is 366 g/mol. The lowest BCUT2D eigenvalue weighted by Gasteiger charge is -2.08. The number of anilines is 2. The third-order valence-corrected chi connectivity index (χ3v) is 4.60. The fraction of sp³-hybridized carbons (Fsp3) is 0.136. The van der Waals surface area contributed by atoms with Crippen LogP contribution in [0.4, 0.5) is 11.5 Å². The summed E-state index contributed by atoms with van der Waals surface area (Å²) in [6.45, 7) is 0.690. The largest absolute Gasteiger partial charge is 0.497 e. The van der Waals surface area contributed by atoms with Crippen LogP contribution in [0.3, 0.4) is 0 Å². The number of aromatic amines is 1. The summed E-state index contributed by atoms with van der Waals surface area (Å²) < 4.78 is 5.17. The third-order valence-electron chi connectivity index (χ3n) is 4.60. The first-order valence-corrected chi connectivity index (χ1v) is 9.29. The summed E-state index contributed by atoms with van der Waals surface area (Å²) in [7, 11) is 1.58. The topological polar surface area (TPSA) is 91.9 Å². The van der Waals surface area contributed by atoms with Gasteiger partial charge in [-0.3, -0.25) is 4.79 Å². The molecule has 0 unspecified atom stereocenters. The van der Waals surface area contributed by atoms with Gasteiger partial charge in [0.15, 0.2) is 0 Å². The number of nitrogens with one attached hydrogen (secondary N) is 3. The van der Waals surface area contributed by atoms with Gasteiger partial charge in [-0.15, -0.1) is 0 Å². The van der Waals surface area contributed by atoms with Gasteiger partial charge in [0.2, 0.25) is 0 Å². The lowest BCUT2D eigenvalue weighted by molar-refractivity contribution is 0.102. The number of H-pyrrole nitrogens is 1. The van der Waals surface area contributed by atoms with Gasteiger partial charge in [0.1, 0.15) is 23.6 Å². The normalized spacial score (nSPS) is 10.7. The van der Waals surface area contributed by atoms with Crippen molar-refractivity contribution in [1.82, 2.24) is 15.0 Å². The zero-order valence-corrected chi connectivity index (χ0v) is 16.0. The Morgan fingerprint density at radius 3 is 2.90 bits per heavy atom. The summed E-state index contributed by atoms with van der Waals surface area (Å²) in [6.07, 6.45) is 4.24. The fourth-order valence-electron chi connectivity index (χ4n) is 3.14. The molecule has 4 rings (SSSR count). The predicted molar refractivity (Wildman–Crippen MR) is 113 cm³/mol. The minimum absolute atomic E-state index is 0.289. The van der Waals surface area contributed by atoms with Crippen LogP contribution in [0.1, 0.15) is 16.1 Å².